The van der Waals surface area contributed by atoms with Gasteiger partial charge in [0.25, 0.3) is 0 Å². The van der Waals surface area contributed by atoms with Gasteiger partial charge in [0.15, 0.2) is 0 Å². The Morgan fingerprint density at radius 2 is 2.00 bits per heavy atom. The molecule has 28 heavy (non-hydrogen) atoms. The Morgan fingerprint density at radius 3 is 2.61 bits per heavy atom. The van der Waals surface area contributed by atoms with Gasteiger partial charge in [-0.05, 0) is 31.1 Å². The number of allylic oxidation sites excluding steroid dienone is 10. The summed E-state index contributed by atoms with van der Waals surface area (Å²) in [5, 5.41) is 10.9. The molecule has 1 unspecified atom stereocenters. The molecule has 1 N–H and O–H groups in total. The first kappa shape index (κ1) is 21.1. The highest BCUT2D eigenvalue weighted by Crippen LogP contribution is 2.23. The quantitative estimate of drug-likeness (QED) is 0.615. The second kappa shape index (κ2) is 10.8. The lowest BCUT2D eigenvalue weighted by Crippen LogP contribution is -2.09. The number of hydrogen-bond donors (Lipinski definition) is 1. The first-order chi connectivity index (χ1) is 13.6. The van der Waals surface area contributed by atoms with Crippen molar-refractivity contribution in [2.24, 2.45) is 0 Å². The van der Waals surface area contributed by atoms with E-state index in [1.54, 1.807) is 30.9 Å². The van der Waals surface area contributed by atoms with Gasteiger partial charge in [-0.25, -0.2) is 4.98 Å². The molecule has 2 aromatic rings. The SMILES string of the molecule is C=C/C=C(\C=C/C)c1ccc(C(O)c2cncn2C/C(C=C)=C/C=C\C)cn1. The third-order valence-corrected chi connectivity index (χ3v) is 4.18. The summed E-state index contributed by atoms with van der Waals surface area (Å²) in [5.41, 5.74) is 4.24. The van der Waals surface area contributed by atoms with Gasteiger partial charge < -0.3 is 9.67 Å². The summed E-state index contributed by atoms with van der Waals surface area (Å²) < 4.78 is 1.92. The van der Waals surface area contributed by atoms with Crippen LogP contribution in [0.25, 0.3) is 5.57 Å². The van der Waals surface area contributed by atoms with Gasteiger partial charge in [-0.2, -0.15) is 0 Å². The van der Waals surface area contributed by atoms with E-state index in [9.17, 15) is 5.11 Å². The second-order valence-electron chi connectivity index (χ2n) is 6.15. The van der Waals surface area contributed by atoms with Crippen LogP contribution in [0.5, 0.6) is 0 Å². The fraction of sp³-hybridized carbons (Fsp3) is 0.167. The molecule has 0 aliphatic rings. The first-order valence-electron chi connectivity index (χ1n) is 9.18. The summed E-state index contributed by atoms with van der Waals surface area (Å²) in [6.45, 7) is 12.1. The van der Waals surface area contributed by atoms with E-state index in [-0.39, 0.29) is 0 Å². The highest BCUT2D eigenvalue weighted by Gasteiger charge is 2.16. The average molecular weight is 374 g/mol. The largest absolute Gasteiger partial charge is 0.382 e. The van der Waals surface area contributed by atoms with Crippen LogP contribution in [-0.4, -0.2) is 19.6 Å². The number of aromatic nitrogens is 3. The molecule has 0 bridgehead atoms. The van der Waals surface area contributed by atoms with E-state index in [0.29, 0.717) is 17.8 Å². The Labute approximate surface area is 167 Å². The van der Waals surface area contributed by atoms with Gasteiger partial charge in [0.1, 0.15) is 6.10 Å². The van der Waals surface area contributed by atoms with Crippen LogP contribution in [0, 0.1) is 0 Å². The molecule has 0 radical (unpaired) electrons. The van der Waals surface area contributed by atoms with Crippen LogP contribution in [0.4, 0.5) is 0 Å². The zero-order chi connectivity index (χ0) is 20.4. The topological polar surface area (TPSA) is 50.9 Å². The van der Waals surface area contributed by atoms with Crippen LogP contribution in [0.3, 0.4) is 0 Å². The summed E-state index contributed by atoms with van der Waals surface area (Å²) in [4.78, 5) is 8.71. The van der Waals surface area contributed by atoms with Gasteiger partial charge in [-0.1, -0.05) is 67.8 Å². The second-order valence-corrected chi connectivity index (χ2v) is 6.15. The zero-order valence-corrected chi connectivity index (χ0v) is 16.5. The minimum Gasteiger partial charge on any atom is -0.382 e. The van der Waals surface area contributed by atoms with Gasteiger partial charge in [0, 0.05) is 18.3 Å². The summed E-state index contributed by atoms with van der Waals surface area (Å²) in [6, 6.07) is 3.78. The number of aliphatic hydroxyl groups excluding tert-OH is 1. The van der Waals surface area contributed by atoms with Crippen molar-refractivity contribution in [3.8, 4) is 0 Å². The molecular weight excluding hydrogens is 346 g/mol. The summed E-state index contributed by atoms with van der Waals surface area (Å²) >= 11 is 0. The zero-order valence-electron chi connectivity index (χ0n) is 16.5. The van der Waals surface area contributed by atoms with Crippen molar-refractivity contribution in [2.75, 3.05) is 0 Å². The molecule has 0 aliphatic heterocycles. The maximum atomic E-state index is 10.9. The predicted molar refractivity (Wildman–Crippen MR) is 117 cm³/mol. The predicted octanol–water partition coefficient (Wildman–Crippen LogP) is 5.19. The number of pyridine rings is 1. The number of aliphatic hydroxyl groups is 1. The summed E-state index contributed by atoms with van der Waals surface area (Å²) in [7, 11) is 0. The van der Waals surface area contributed by atoms with Crippen LogP contribution in [0.1, 0.15) is 36.9 Å². The van der Waals surface area contributed by atoms with Crippen molar-refractivity contribution in [2.45, 2.75) is 26.5 Å². The van der Waals surface area contributed by atoms with Gasteiger partial charge >= 0.3 is 0 Å². The molecule has 2 rings (SSSR count). The van der Waals surface area contributed by atoms with Crippen LogP contribution in [0.15, 0.2) is 98.2 Å². The molecule has 2 heterocycles. The lowest BCUT2D eigenvalue weighted by Gasteiger charge is -2.15. The monoisotopic (exact) mass is 373 g/mol. The van der Waals surface area contributed by atoms with Crippen molar-refractivity contribution in [3.05, 3.63) is 115 Å². The summed E-state index contributed by atoms with van der Waals surface area (Å²) in [5.74, 6) is 0. The molecule has 144 valence electrons. The van der Waals surface area contributed by atoms with Crippen LogP contribution >= 0.6 is 0 Å². The average Bonchev–Trinajstić information content (AvgIpc) is 3.18. The standard InChI is InChI=1S/C24H27N3O/c1-5-9-12-19(8-4)17-27-18-25-16-23(27)24(28)21-13-14-22(26-15-21)20(10-6-2)11-7-3/h5-16,18,24,28H,2,4,17H2,1,3H3/b9-5-,11-7-,19-12+,20-10+. The third-order valence-electron chi connectivity index (χ3n) is 4.18. The molecular formula is C24H27N3O. The van der Waals surface area contributed by atoms with E-state index in [1.165, 1.54) is 0 Å². The van der Waals surface area contributed by atoms with Gasteiger partial charge in [0.05, 0.1) is 23.9 Å². The van der Waals surface area contributed by atoms with Gasteiger partial charge in [-0.3, -0.25) is 4.98 Å². The molecule has 0 aliphatic carbocycles. The van der Waals surface area contributed by atoms with E-state index >= 15 is 0 Å². The van der Waals surface area contributed by atoms with E-state index in [0.717, 1.165) is 16.8 Å². The highest BCUT2D eigenvalue weighted by atomic mass is 16.3. The Morgan fingerprint density at radius 1 is 1.18 bits per heavy atom. The number of nitrogens with zero attached hydrogens (tertiary/aromatic N) is 3. The maximum absolute atomic E-state index is 10.9. The molecule has 1 atom stereocenters. The molecule has 0 amide bonds. The number of hydrogen-bond acceptors (Lipinski definition) is 3. The minimum atomic E-state index is -0.814. The van der Waals surface area contributed by atoms with Gasteiger partial charge in [-0.15, -0.1) is 0 Å². The Kier molecular flexibility index (Phi) is 8.12. The maximum Gasteiger partial charge on any atom is 0.122 e. The fourth-order valence-corrected chi connectivity index (χ4v) is 2.73. The summed E-state index contributed by atoms with van der Waals surface area (Å²) in [6.07, 6.45) is 19.6. The molecule has 0 saturated heterocycles. The fourth-order valence-electron chi connectivity index (χ4n) is 2.73. The third kappa shape index (κ3) is 5.38. The van der Waals surface area contributed by atoms with E-state index in [2.05, 4.69) is 23.1 Å². The van der Waals surface area contributed by atoms with Crippen molar-refractivity contribution in [1.82, 2.24) is 14.5 Å². The number of imidazole rings is 1. The van der Waals surface area contributed by atoms with E-state index in [1.807, 2.05) is 67.0 Å². The first-order valence-corrected chi connectivity index (χ1v) is 9.18. The Hall–Kier alpha value is -3.24. The van der Waals surface area contributed by atoms with E-state index < -0.39 is 6.10 Å². The smallest absolute Gasteiger partial charge is 0.122 e. The molecule has 0 saturated carbocycles. The number of rotatable bonds is 9. The van der Waals surface area contributed by atoms with Crippen molar-refractivity contribution in [3.63, 3.8) is 0 Å². The van der Waals surface area contributed by atoms with Crippen LogP contribution in [-0.2, 0) is 6.54 Å². The van der Waals surface area contributed by atoms with Crippen LogP contribution in [0.2, 0.25) is 0 Å². The highest BCUT2D eigenvalue weighted by molar-refractivity contribution is 5.72. The van der Waals surface area contributed by atoms with Crippen LogP contribution < -0.4 is 0 Å². The molecule has 0 spiro atoms. The Balaban J connectivity index is 2.27. The molecule has 0 fully saturated rings. The molecule has 0 aromatic carbocycles. The lowest BCUT2D eigenvalue weighted by atomic mass is 10.1. The van der Waals surface area contributed by atoms with Crippen molar-refractivity contribution >= 4 is 5.57 Å². The molecule has 4 heteroatoms. The molecule has 2 aromatic heterocycles. The van der Waals surface area contributed by atoms with E-state index in [4.69, 9.17) is 0 Å². The Bertz CT molecular complexity index is 912. The minimum absolute atomic E-state index is 0.583. The van der Waals surface area contributed by atoms with Crippen molar-refractivity contribution in [1.29, 1.82) is 0 Å². The van der Waals surface area contributed by atoms with Gasteiger partial charge in [0.2, 0.25) is 0 Å². The molecule has 4 nitrogen and oxygen atoms in total. The lowest BCUT2D eigenvalue weighted by molar-refractivity contribution is 0.210. The normalized spacial score (nSPS) is 14.0. The van der Waals surface area contributed by atoms with Crippen molar-refractivity contribution < 1.29 is 5.11 Å².